The van der Waals surface area contributed by atoms with Crippen molar-refractivity contribution in [1.82, 2.24) is 0 Å². The van der Waals surface area contributed by atoms with Crippen molar-refractivity contribution in [3.8, 4) is 0 Å². The third kappa shape index (κ3) is 2.49. The molecule has 22 heavy (non-hydrogen) atoms. The highest BCUT2D eigenvalue weighted by molar-refractivity contribution is 6.72. The maximum atomic E-state index is 13.0. The highest BCUT2D eigenvalue weighted by Gasteiger charge is 2.76. The number of rotatable bonds is 3. The largest absolute Gasteiger partial charge is 0.426 e. The van der Waals surface area contributed by atoms with E-state index in [1.807, 2.05) is 13.1 Å². The first-order valence-corrected chi connectivity index (χ1v) is 10.1. The topological polar surface area (TPSA) is 29.5 Å². The van der Waals surface area contributed by atoms with Gasteiger partial charge in [-0.15, -0.1) is 0 Å². The Hall–Kier alpha value is -0.283. The smallest absolute Gasteiger partial charge is 0.420 e. The summed E-state index contributed by atoms with van der Waals surface area (Å²) < 4.78 is 83.4. The lowest BCUT2D eigenvalue weighted by molar-refractivity contribution is -0.388. The molecule has 0 aliphatic heterocycles. The normalized spacial score (nSPS) is 33.5. The van der Waals surface area contributed by atoms with Gasteiger partial charge in [0, 0.05) is 13.0 Å². The van der Waals surface area contributed by atoms with Crippen molar-refractivity contribution in [1.29, 1.82) is 0 Å². The quantitative estimate of drug-likeness (QED) is 0.613. The van der Waals surface area contributed by atoms with Gasteiger partial charge in [0.15, 0.2) is 8.32 Å². The maximum absolute atomic E-state index is 13.0. The number of hydrogen-bond donors (Lipinski definition) is 1. The molecule has 2 rings (SSSR count). The second-order valence-electron chi connectivity index (χ2n) is 7.01. The molecule has 2 bridgehead atoms. The van der Waals surface area contributed by atoms with Gasteiger partial charge in [0.25, 0.3) is 5.60 Å². The fourth-order valence-corrected chi connectivity index (χ4v) is 6.95. The van der Waals surface area contributed by atoms with Gasteiger partial charge in [0.05, 0.1) is 0 Å². The van der Waals surface area contributed by atoms with Crippen LogP contribution in [0.15, 0.2) is 0 Å². The van der Waals surface area contributed by atoms with Crippen LogP contribution in [0.5, 0.6) is 0 Å². The van der Waals surface area contributed by atoms with Crippen LogP contribution in [-0.4, -0.2) is 38.5 Å². The van der Waals surface area contributed by atoms with E-state index in [2.05, 4.69) is 0 Å². The molecule has 0 aromatic rings. The van der Waals surface area contributed by atoms with Gasteiger partial charge < -0.3 is 9.53 Å². The molecule has 0 aromatic heterocycles. The molecule has 2 fully saturated rings. The van der Waals surface area contributed by atoms with Gasteiger partial charge >= 0.3 is 12.4 Å². The summed E-state index contributed by atoms with van der Waals surface area (Å²) in [6.45, 7) is 3.85. The molecule has 4 unspecified atom stereocenters. The van der Waals surface area contributed by atoms with Crippen LogP contribution in [-0.2, 0) is 4.43 Å². The summed E-state index contributed by atoms with van der Waals surface area (Å²) in [4.78, 5) is 0. The van der Waals surface area contributed by atoms with Crippen molar-refractivity contribution in [2.24, 2.45) is 17.8 Å². The number of alkyl halides is 6. The van der Waals surface area contributed by atoms with E-state index in [-0.39, 0.29) is 24.3 Å². The fourth-order valence-electron chi connectivity index (χ4n) is 4.37. The van der Waals surface area contributed by atoms with Crippen LogP contribution in [0.25, 0.3) is 0 Å². The minimum atomic E-state index is -5.72. The Morgan fingerprint density at radius 2 is 1.41 bits per heavy atom. The van der Waals surface area contributed by atoms with E-state index in [1.165, 1.54) is 7.11 Å². The molecule has 0 heterocycles. The lowest BCUT2D eigenvalue weighted by Crippen LogP contribution is -2.63. The molecule has 4 atom stereocenters. The number of halogens is 6. The molecule has 2 nitrogen and oxygen atoms in total. The fraction of sp³-hybridized carbons (Fsp3) is 1.00. The molecule has 2 saturated carbocycles. The van der Waals surface area contributed by atoms with E-state index >= 15 is 0 Å². The maximum Gasteiger partial charge on any atom is 0.426 e. The van der Waals surface area contributed by atoms with Crippen LogP contribution in [0.2, 0.25) is 18.6 Å². The van der Waals surface area contributed by atoms with Crippen LogP contribution in [0, 0.1) is 17.8 Å². The zero-order valence-electron chi connectivity index (χ0n) is 12.6. The number of hydrogen-bond acceptors (Lipinski definition) is 2. The summed E-state index contributed by atoms with van der Waals surface area (Å²) in [5, 5.41) is 9.58. The standard InChI is InChI=1S/C13H20F6O2Si/c1-21-22(2,3)10-6-7-4-8(10)5-9(7)11(20,12(14,15)16)13(17,18)19/h7-10,20H,4-6H2,1-3H3. The van der Waals surface area contributed by atoms with Crippen molar-refractivity contribution in [2.45, 2.75) is 55.9 Å². The van der Waals surface area contributed by atoms with E-state index in [4.69, 9.17) is 4.43 Å². The van der Waals surface area contributed by atoms with Crippen LogP contribution in [0.1, 0.15) is 19.3 Å². The predicted octanol–water partition coefficient (Wildman–Crippen LogP) is 4.11. The van der Waals surface area contributed by atoms with Crippen molar-refractivity contribution in [2.75, 3.05) is 7.11 Å². The SMILES string of the molecule is CO[Si](C)(C)C1CC2CC1CC2C(O)(C(F)(F)F)C(F)(F)F. The first-order valence-electron chi connectivity index (χ1n) is 7.16. The van der Waals surface area contributed by atoms with Gasteiger partial charge in [-0.05, 0) is 49.7 Å². The summed E-state index contributed by atoms with van der Waals surface area (Å²) in [7, 11) is -0.583. The average Bonchev–Trinajstić information content (AvgIpc) is 2.94. The predicted molar refractivity (Wildman–Crippen MR) is 69.6 cm³/mol. The summed E-state index contributed by atoms with van der Waals surface area (Å²) in [5.74, 6) is -2.80. The molecule has 0 saturated heterocycles. The van der Waals surface area contributed by atoms with E-state index in [0.717, 1.165) is 0 Å². The van der Waals surface area contributed by atoms with E-state index in [0.29, 0.717) is 6.42 Å². The molecule has 9 heteroatoms. The molecule has 2 aliphatic carbocycles. The van der Waals surface area contributed by atoms with Crippen molar-refractivity contribution in [3.63, 3.8) is 0 Å². The summed E-state index contributed by atoms with van der Waals surface area (Å²) in [5.41, 5.74) is -4.56. The van der Waals surface area contributed by atoms with Crippen LogP contribution >= 0.6 is 0 Å². The van der Waals surface area contributed by atoms with Crippen molar-refractivity contribution < 1.29 is 35.9 Å². The minimum Gasteiger partial charge on any atom is -0.420 e. The van der Waals surface area contributed by atoms with Gasteiger partial charge in [-0.25, -0.2) is 0 Å². The van der Waals surface area contributed by atoms with Gasteiger partial charge in [-0.1, -0.05) is 0 Å². The van der Waals surface area contributed by atoms with Gasteiger partial charge in [0.1, 0.15) is 0 Å². The summed E-state index contributed by atoms with van der Waals surface area (Å²) in [6.07, 6.45) is -11.1. The second-order valence-corrected chi connectivity index (χ2v) is 11.4. The van der Waals surface area contributed by atoms with Crippen LogP contribution in [0.3, 0.4) is 0 Å². The Kier molecular flexibility index (Phi) is 4.19. The Morgan fingerprint density at radius 1 is 0.909 bits per heavy atom. The molecule has 0 aromatic carbocycles. The monoisotopic (exact) mass is 350 g/mol. The first kappa shape index (κ1) is 18.1. The zero-order valence-corrected chi connectivity index (χ0v) is 13.6. The minimum absolute atomic E-state index is 0.0458. The molecule has 0 amide bonds. The van der Waals surface area contributed by atoms with Gasteiger partial charge in [0.2, 0.25) is 0 Å². The lowest BCUT2D eigenvalue weighted by Gasteiger charge is -2.43. The van der Waals surface area contributed by atoms with Crippen LogP contribution < -0.4 is 0 Å². The molecule has 130 valence electrons. The summed E-state index contributed by atoms with van der Waals surface area (Å²) in [6, 6.07) is 0. The third-order valence-corrected chi connectivity index (χ3v) is 9.22. The highest BCUT2D eigenvalue weighted by Crippen LogP contribution is 2.64. The average molecular weight is 350 g/mol. The Bertz CT molecular complexity index is 419. The lowest BCUT2D eigenvalue weighted by atomic mass is 9.75. The van der Waals surface area contributed by atoms with Crippen molar-refractivity contribution >= 4 is 8.32 Å². The van der Waals surface area contributed by atoms with E-state index in [9.17, 15) is 31.4 Å². The first-order chi connectivity index (χ1) is 9.75. The summed E-state index contributed by atoms with van der Waals surface area (Å²) >= 11 is 0. The molecule has 0 spiro atoms. The number of fused-ring (bicyclic) bond motifs is 2. The number of aliphatic hydroxyl groups is 1. The Balaban J connectivity index is 2.28. The van der Waals surface area contributed by atoms with E-state index in [1.54, 1.807) is 0 Å². The van der Waals surface area contributed by atoms with Gasteiger partial charge in [-0.3, -0.25) is 0 Å². The van der Waals surface area contributed by atoms with Gasteiger partial charge in [-0.2, -0.15) is 26.3 Å². The zero-order chi connectivity index (χ0) is 17.1. The molecule has 2 aliphatic rings. The molecule has 0 radical (unpaired) electrons. The molecule has 1 N–H and O–H groups in total. The third-order valence-electron chi connectivity index (χ3n) is 5.68. The second kappa shape index (κ2) is 5.11. The Morgan fingerprint density at radius 3 is 1.73 bits per heavy atom. The van der Waals surface area contributed by atoms with Crippen LogP contribution in [0.4, 0.5) is 26.3 Å². The molecular formula is C13H20F6O2Si. The molecular weight excluding hydrogens is 330 g/mol. The highest BCUT2D eigenvalue weighted by atomic mass is 28.4. The van der Waals surface area contributed by atoms with Crippen molar-refractivity contribution in [3.05, 3.63) is 0 Å². The van der Waals surface area contributed by atoms with E-state index < -0.39 is 38.1 Å². The Labute approximate surface area is 126 Å².